The number of aromatic amines is 1. The Kier molecular flexibility index (Phi) is 6.95. The molecule has 0 aliphatic carbocycles. The van der Waals surface area contributed by atoms with Gasteiger partial charge in [0.15, 0.2) is 5.88 Å². The molecule has 0 unspecified atom stereocenters. The molecule has 0 saturated carbocycles. The fraction of sp³-hybridized carbons (Fsp3) is 0.318. The Morgan fingerprint density at radius 1 is 1.14 bits per heavy atom. The summed E-state index contributed by atoms with van der Waals surface area (Å²) in [5.41, 5.74) is 2.22. The first-order chi connectivity index (χ1) is 13.6. The van der Waals surface area contributed by atoms with Gasteiger partial charge in [-0.2, -0.15) is 0 Å². The van der Waals surface area contributed by atoms with E-state index < -0.39 is 0 Å². The molecule has 0 bridgehead atoms. The van der Waals surface area contributed by atoms with Crippen LogP contribution in [0.2, 0.25) is 5.02 Å². The minimum absolute atomic E-state index is 0.0779. The number of aromatic nitrogens is 1. The molecule has 0 atom stereocenters. The van der Waals surface area contributed by atoms with E-state index in [1.165, 1.54) is 0 Å². The maximum atomic E-state index is 10.1. The second-order valence-electron chi connectivity index (χ2n) is 6.56. The summed E-state index contributed by atoms with van der Waals surface area (Å²) < 4.78 is 5.80. The van der Waals surface area contributed by atoms with Crippen LogP contribution >= 0.6 is 11.6 Å². The van der Waals surface area contributed by atoms with Gasteiger partial charge in [-0.1, -0.05) is 25.4 Å². The Morgan fingerprint density at radius 2 is 1.89 bits per heavy atom. The van der Waals surface area contributed by atoms with E-state index in [9.17, 15) is 5.11 Å². The Balaban J connectivity index is 1.60. The van der Waals surface area contributed by atoms with Crippen molar-refractivity contribution in [1.82, 2.24) is 9.88 Å². The fourth-order valence-electron chi connectivity index (χ4n) is 3.09. The summed E-state index contributed by atoms with van der Waals surface area (Å²) in [5, 5.41) is 11.6. The van der Waals surface area contributed by atoms with Crippen LogP contribution in [-0.4, -0.2) is 47.4 Å². The van der Waals surface area contributed by atoms with Crippen LogP contribution in [0.3, 0.4) is 0 Å². The molecular weight excluding hydrogens is 374 g/mol. The minimum Gasteiger partial charge on any atom is -0.494 e. The monoisotopic (exact) mass is 399 g/mol. The maximum Gasteiger partial charge on any atom is 0.198 e. The Morgan fingerprint density at radius 3 is 2.61 bits per heavy atom. The van der Waals surface area contributed by atoms with Crippen molar-refractivity contribution in [2.24, 2.45) is 4.99 Å². The number of halogens is 1. The molecule has 2 aromatic carbocycles. The highest BCUT2D eigenvalue weighted by Gasteiger charge is 2.09. The van der Waals surface area contributed by atoms with Gasteiger partial charge in [-0.15, -0.1) is 0 Å². The second-order valence-corrected chi connectivity index (χ2v) is 6.99. The normalized spacial score (nSPS) is 11.7. The summed E-state index contributed by atoms with van der Waals surface area (Å²) in [7, 11) is 0. The molecule has 0 aliphatic heterocycles. The molecule has 1 heterocycles. The van der Waals surface area contributed by atoms with Crippen molar-refractivity contribution in [3.8, 4) is 11.6 Å². The molecule has 0 radical (unpaired) electrons. The predicted molar refractivity (Wildman–Crippen MR) is 117 cm³/mol. The summed E-state index contributed by atoms with van der Waals surface area (Å²) in [6.07, 6.45) is 2.65. The third-order valence-electron chi connectivity index (χ3n) is 4.74. The first-order valence-corrected chi connectivity index (χ1v) is 9.98. The Labute approximate surface area is 170 Å². The largest absolute Gasteiger partial charge is 0.494 e. The van der Waals surface area contributed by atoms with E-state index in [2.05, 4.69) is 28.7 Å². The number of hydrogen-bond acceptors (Lipinski definition) is 4. The van der Waals surface area contributed by atoms with Crippen LogP contribution in [0.4, 0.5) is 5.69 Å². The number of benzene rings is 2. The number of fused-ring (bicyclic) bond motifs is 1. The van der Waals surface area contributed by atoms with E-state index in [1.54, 1.807) is 12.3 Å². The third kappa shape index (κ3) is 5.06. The number of ether oxygens (including phenoxy) is 1. The van der Waals surface area contributed by atoms with E-state index in [0.717, 1.165) is 48.4 Å². The number of rotatable bonds is 9. The van der Waals surface area contributed by atoms with Crippen LogP contribution in [0, 0.1) is 0 Å². The predicted octanol–water partition coefficient (Wildman–Crippen LogP) is 5.39. The van der Waals surface area contributed by atoms with E-state index in [4.69, 9.17) is 16.3 Å². The van der Waals surface area contributed by atoms with Crippen molar-refractivity contribution in [1.29, 1.82) is 0 Å². The molecular formula is C22H26ClN3O2. The topological polar surface area (TPSA) is 60.9 Å². The summed E-state index contributed by atoms with van der Waals surface area (Å²) >= 11 is 6.06. The second kappa shape index (κ2) is 9.62. The number of nitrogens with one attached hydrogen (secondary N) is 1. The van der Waals surface area contributed by atoms with Crippen LogP contribution in [-0.2, 0) is 0 Å². The minimum atomic E-state index is 0.0779. The number of H-pyrrole nitrogens is 1. The molecule has 0 saturated heterocycles. The average Bonchev–Trinajstić information content (AvgIpc) is 3.02. The number of nitrogens with zero attached hydrogens (tertiary/aromatic N) is 2. The standard InChI is InChI=1S/C22H26ClN3O2/c1-3-26(4-2)12-5-13-28-18-9-7-17(8-10-18)24-15-20-19-14-16(23)6-11-21(19)25-22(20)27/h6-11,14-15,25,27H,3-5,12-13H2,1-2H3. The zero-order chi connectivity index (χ0) is 19.9. The van der Waals surface area contributed by atoms with Gasteiger partial charge in [0.25, 0.3) is 0 Å². The van der Waals surface area contributed by atoms with E-state index in [-0.39, 0.29) is 5.88 Å². The highest BCUT2D eigenvalue weighted by molar-refractivity contribution is 6.31. The van der Waals surface area contributed by atoms with Gasteiger partial charge in [-0.3, -0.25) is 4.99 Å². The summed E-state index contributed by atoms with van der Waals surface area (Å²) in [4.78, 5) is 9.77. The first-order valence-electron chi connectivity index (χ1n) is 9.60. The molecule has 6 heteroatoms. The average molecular weight is 400 g/mol. The van der Waals surface area contributed by atoms with Crippen molar-refractivity contribution in [3.63, 3.8) is 0 Å². The Bertz CT molecular complexity index is 931. The lowest BCUT2D eigenvalue weighted by atomic mass is 10.2. The number of aromatic hydroxyl groups is 1. The van der Waals surface area contributed by atoms with Crippen molar-refractivity contribution < 1.29 is 9.84 Å². The van der Waals surface area contributed by atoms with Gasteiger partial charge in [0.2, 0.25) is 0 Å². The summed E-state index contributed by atoms with van der Waals surface area (Å²) in [6, 6.07) is 13.0. The lowest BCUT2D eigenvalue weighted by Crippen LogP contribution is -2.25. The van der Waals surface area contributed by atoms with Crippen molar-refractivity contribution in [3.05, 3.63) is 53.1 Å². The maximum absolute atomic E-state index is 10.1. The lowest BCUT2D eigenvalue weighted by molar-refractivity contribution is 0.249. The summed E-state index contributed by atoms with van der Waals surface area (Å²) in [5.74, 6) is 0.911. The van der Waals surface area contributed by atoms with Crippen LogP contribution in [0.25, 0.3) is 10.9 Å². The van der Waals surface area contributed by atoms with Crippen LogP contribution in [0.5, 0.6) is 11.6 Å². The number of aliphatic imine (C=N–C) groups is 1. The molecule has 0 spiro atoms. The molecule has 3 aromatic rings. The van der Waals surface area contributed by atoms with Crippen molar-refractivity contribution >= 4 is 34.4 Å². The molecule has 1 aromatic heterocycles. The SMILES string of the molecule is CCN(CC)CCCOc1ccc(N=Cc2c(O)[nH]c3ccc(Cl)cc23)cc1. The van der Waals surface area contributed by atoms with Gasteiger partial charge in [-0.25, -0.2) is 0 Å². The van der Waals surface area contributed by atoms with Gasteiger partial charge in [0, 0.05) is 28.7 Å². The number of hydrogen-bond donors (Lipinski definition) is 2. The van der Waals surface area contributed by atoms with Gasteiger partial charge < -0.3 is 19.7 Å². The molecule has 3 rings (SSSR count). The van der Waals surface area contributed by atoms with Crippen molar-refractivity contribution in [2.75, 3.05) is 26.2 Å². The quantitative estimate of drug-likeness (QED) is 0.374. The van der Waals surface area contributed by atoms with Crippen LogP contribution in [0.1, 0.15) is 25.8 Å². The molecule has 0 fully saturated rings. The van der Waals surface area contributed by atoms with Gasteiger partial charge >= 0.3 is 0 Å². The third-order valence-corrected chi connectivity index (χ3v) is 4.98. The first kappa shape index (κ1) is 20.2. The lowest BCUT2D eigenvalue weighted by Gasteiger charge is -2.17. The van der Waals surface area contributed by atoms with E-state index >= 15 is 0 Å². The zero-order valence-electron chi connectivity index (χ0n) is 16.3. The Hall–Kier alpha value is -2.50. The fourth-order valence-corrected chi connectivity index (χ4v) is 3.26. The van der Waals surface area contributed by atoms with Gasteiger partial charge in [0.1, 0.15) is 5.75 Å². The smallest absolute Gasteiger partial charge is 0.198 e. The van der Waals surface area contributed by atoms with Crippen LogP contribution < -0.4 is 4.74 Å². The van der Waals surface area contributed by atoms with E-state index in [0.29, 0.717) is 17.2 Å². The zero-order valence-corrected chi connectivity index (χ0v) is 17.0. The van der Waals surface area contributed by atoms with Gasteiger partial charge in [0.05, 0.1) is 17.9 Å². The molecule has 2 N–H and O–H groups in total. The highest BCUT2D eigenvalue weighted by Crippen LogP contribution is 2.28. The van der Waals surface area contributed by atoms with Crippen molar-refractivity contribution in [2.45, 2.75) is 20.3 Å². The summed E-state index contributed by atoms with van der Waals surface area (Å²) in [6.45, 7) is 8.24. The van der Waals surface area contributed by atoms with E-state index in [1.807, 2.05) is 36.4 Å². The molecule has 28 heavy (non-hydrogen) atoms. The molecule has 0 aliphatic rings. The van der Waals surface area contributed by atoms with Crippen LogP contribution in [0.15, 0.2) is 47.5 Å². The molecule has 148 valence electrons. The highest BCUT2D eigenvalue weighted by atomic mass is 35.5. The molecule has 5 nitrogen and oxygen atoms in total. The van der Waals surface area contributed by atoms with Gasteiger partial charge in [-0.05, 0) is 62.0 Å². The molecule has 0 amide bonds.